The van der Waals surface area contributed by atoms with Gasteiger partial charge in [-0.15, -0.1) is 10.2 Å². The Bertz CT molecular complexity index is 1490. The summed E-state index contributed by atoms with van der Waals surface area (Å²) in [4.78, 5) is 45.4. The minimum atomic E-state index is -0.776. The van der Waals surface area contributed by atoms with Crippen molar-refractivity contribution in [2.75, 3.05) is 23.7 Å². The van der Waals surface area contributed by atoms with Crippen LogP contribution in [0.1, 0.15) is 62.2 Å². The van der Waals surface area contributed by atoms with Gasteiger partial charge in [-0.2, -0.15) is 4.98 Å². The molecule has 4 rings (SSSR count). The van der Waals surface area contributed by atoms with E-state index in [1.165, 1.54) is 6.08 Å². The molecule has 2 atom stereocenters. The highest BCUT2D eigenvalue weighted by Gasteiger charge is 2.31. The first-order chi connectivity index (χ1) is 21.4. The first-order valence-corrected chi connectivity index (χ1v) is 15.0. The first kappa shape index (κ1) is 32.9. The molecule has 238 valence electrons. The number of piperidine rings is 1. The molecule has 3 aromatic rings. The van der Waals surface area contributed by atoms with Crippen LogP contribution in [-0.4, -0.2) is 68.1 Å². The van der Waals surface area contributed by atoms with Crippen molar-refractivity contribution in [3.05, 3.63) is 84.1 Å². The lowest BCUT2D eigenvalue weighted by atomic mass is 9.87. The van der Waals surface area contributed by atoms with Crippen LogP contribution in [0, 0.1) is 5.41 Å². The lowest BCUT2D eigenvalue weighted by molar-refractivity contribution is -0.127. The van der Waals surface area contributed by atoms with E-state index in [1.807, 2.05) is 61.5 Å². The number of ether oxygens (including phenoxy) is 1. The molecule has 0 bridgehead atoms. The fraction of sp³-hybridized carbons (Fsp3) is 0.394. The molecule has 12 heteroatoms. The molecular formula is C33H42N8O4. The maximum atomic E-state index is 13.3. The lowest BCUT2D eigenvalue weighted by Crippen LogP contribution is -2.45. The number of carbonyl (C=O) groups excluding carboxylic acids is 3. The van der Waals surface area contributed by atoms with Crippen LogP contribution >= 0.6 is 0 Å². The highest BCUT2D eigenvalue weighted by Crippen LogP contribution is 2.27. The Morgan fingerprint density at radius 2 is 1.82 bits per heavy atom. The zero-order chi connectivity index (χ0) is 32.6. The fourth-order valence-corrected chi connectivity index (χ4v) is 4.90. The van der Waals surface area contributed by atoms with Gasteiger partial charge in [-0.3, -0.25) is 9.59 Å². The van der Waals surface area contributed by atoms with Crippen LogP contribution in [0.25, 0.3) is 0 Å². The van der Waals surface area contributed by atoms with Gasteiger partial charge in [-0.25, -0.2) is 4.79 Å². The first-order valence-electron chi connectivity index (χ1n) is 15.0. The molecule has 2 heterocycles. The van der Waals surface area contributed by atoms with Crippen LogP contribution in [0.4, 0.5) is 22.2 Å². The molecule has 1 unspecified atom stereocenters. The Kier molecular flexibility index (Phi) is 10.7. The molecule has 1 fully saturated rings. The zero-order valence-corrected chi connectivity index (χ0v) is 26.3. The predicted molar refractivity (Wildman–Crippen MR) is 173 cm³/mol. The number of aromatic nitrogens is 3. The van der Waals surface area contributed by atoms with Crippen LogP contribution < -0.4 is 16.4 Å². The molecule has 45 heavy (non-hydrogen) atoms. The van der Waals surface area contributed by atoms with Gasteiger partial charge in [-0.05, 0) is 54.5 Å². The van der Waals surface area contributed by atoms with Crippen molar-refractivity contribution < 1.29 is 19.1 Å². The molecular weight excluding hydrogens is 572 g/mol. The third-order valence-corrected chi connectivity index (χ3v) is 7.89. The van der Waals surface area contributed by atoms with Crippen molar-refractivity contribution in [1.29, 1.82) is 0 Å². The molecule has 1 aliphatic heterocycles. The molecule has 0 radical (unpaired) electrons. The van der Waals surface area contributed by atoms with Gasteiger partial charge in [0, 0.05) is 37.4 Å². The molecule has 1 saturated heterocycles. The van der Waals surface area contributed by atoms with Crippen molar-refractivity contribution in [2.45, 2.75) is 65.8 Å². The van der Waals surface area contributed by atoms with E-state index in [9.17, 15) is 14.4 Å². The topological polar surface area (TPSA) is 156 Å². The molecule has 0 spiro atoms. The summed E-state index contributed by atoms with van der Waals surface area (Å²) in [7, 11) is 0. The minimum absolute atomic E-state index is 0.0890. The van der Waals surface area contributed by atoms with Crippen LogP contribution in [0.2, 0.25) is 0 Å². The number of carbonyl (C=O) groups is 3. The van der Waals surface area contributed by atoms with Gasteiger partial charge in [-0.1, -0.05) is 69.8 Å². The third kappa shape index (κ3) is 9.01. The summed E-state index contributed by atoms with van der Waals surface area (Å²) in [6.45, 7) is 13.5. The Balaban J connectivity index is 1.46. The Labute approximate surface area is 264 Å². The van der Waals surface area contributed by atoms with Crippen molar-refractivity contribution in [2.24, 2.45) is 11.1 Å². The second-order valence-electron chi connectivity index (χ2n) is 12.2. The minimum Gasteiger partial charge on any atom is -0.445 e. The van der Waals surface area contributed by atoms with Gasteiger partial charge in [0.1, 0.15) is 6.61 Å². The predicted octanol–water partition coefficient (Wildman–Crippen LogP) is 4.88. The van der Waals surface area contributed by atoms with Crippen molar-refractivity contribution >= 4 is 35.4 Å². The average Bonchev–Trinajstić information content (AvgIpc) is 3.02. The summed E-state index contributed by atoms with van der Waals surface area (Å²) < 4.78 is 5.69. The summed E-state index contributed by atoms with van der Waals surface area (Å²) in [5.74, 6) is -0.551. The molecule has 2 aromatic carbocycles. The number of benzene rings is 2. The molecule has 12 nitrogen and oxygen atoms in total. The van der Waals surface area contributed by atoms with E-state index in [0.29, 0.717) is 25.3 Å². The smallest absolute Gasteiger partial charge is 0.410 e. The summed E-state index contributed by atoms with van der Waals surface area (Å²) in [5.41, 5.74) is 7.71. The van der Waals surface area contributed by atoms with Gasteiger partial charge in [0.25, 0.3) is 5.91 Å². The molecule has 4 N–H and O–H groups in total. The molecule has 1 aliphatic rings. The monoisotopic (exact) mass is 614 g/mol. The van der Waals surface area contributed by atoms with Gasteiger partial charge in [0.05, 0.1) is 0 Å². The Morgan fingerprint density at radius 3 is 2.47 bits per heavy atom. The number of nitrogens with two attached hydrogens (primary N) is 1. The number of nitrogens with one attached hydrogen (secondary N) is 2. The highest BCUT2D eigenvalue weighted by atomic mass is 16.6. The average molecular weight is 615 g/mol. The quantitative estimate of drug-likeness (QED) is 0.256. The van der Waals surface area contributed by atoms with Crippen LogP contribution in [0.5, 0.6) is 0 Å². The number of rotatable bonds is 11. The zero-order valence-electron chi connectivity index (χ0n) is 26.3. The number of primary amides is 1. The Morgan fingerprint density at radius 1 is 1.11 bits per heavy atom. The van der Waals surface area contributed by atoms with Crippen molar-refractivity contribution in [3.8, 4) is 0 Å². The number of likely N-dealkylation sites (tertiary alicyclic amines) is 1. The number of hydrogen-bond acceptors (Lipinski definition) is 9. The van der Waals surface area contributed by atoms with Gasteiger partial charge in [0.2, 0.25) is 11.9 Å². The molecule has 1 aromatic heterocycles. The van der Waals surface area contributed by atoms with Gasteiger partial charge in [0.15, 0.2) is 11.5 Å². The highest BCUT2D eigenvalue weighted by molar-refractivity contribution is 5.96. The molecule has 3 amide bonds. The van der Waals surface area contributed by atoms with E-state index in [-0.39, 0.29) is 47.5 Å². The van der Waals surface area contributed by atoms with Crippen LogP contribution in [-0.2, 0) is 22.7 Å². The maximum Gasteiger partial charge on any atom is 0.410 e. The van der Waals surface area contributed by atoms with Crippen molar-refractivity contribution in [1.82, 2.24) is 25.0 Å². The van der Waals surface area contributed by atoms with E-state index in [2.05, 4.69) is 53.2 Å². The summed E-state index contributed by atoms with van der Waals surface area (Å²) in [5, 5.41) is 14.4. The van der Waals surface area contributed by atoms with Gasteiger partial charge < -0.3 is 30.9 Å². The second-order valence-corrected chi connectivity index (χ2v) is 12.2. The standard InChI is InChI=1S/C33H42N8O4/c1-6-27(42)40-18-10-13-26(20-40)36-31-37-30(28(29(34)43)38-39-31)35-25-16-14-23(15-17-25)19-41(22(2)33(3,4)5)32(44)45-21-24-11-8-7-9-12-24/h6-9,11-12,14-17,22,26H,1,10,13,18-21H2,2-5H3,(H2,34,43)(H2,35,36,37,39)/t22?,26-/m1/s1. The summed E-state index contributed by atoms with van der Waals surface area (Å²) in [6.07, 6.45) is 2.54. The third-order valence-electron chi connectivity index (χ3n) is 7.89. The number of hydrogen-bond donors (Lipinski definition) is 3. The normalized spacial score (nSPS) is 15.5. The van der Waals surface area contributed by atoms with E-state index in [0.717, 1.165) is 24.0 Å². The van der Waals surface area contributed by atoms with E-state index in [1.54, 1.807) is 9.80 Å². The van der Waals surface area contributed by atoms with E-state index in [4.69, 9.17) is 10.5 Å². The molecule has 0 saturated carbocycles. The van der Waals surface area contributed by atoms with E-state index < -0.39 is 12.0 Å². The Hall–Kier alpha value is -5.00. The SMILES string of the molecule is C=CC(=O)N1CCC[C@@H](Nc2nnc(C(N)=O)c(Nc3ccc(CN(C(=O)OCc4ccccc4)C(C)C(C)(C)C)cc3)n2)C1. The van der Waals surface area contributed by atoms with Gasteiger partial charge >= 0.3 is 6.09 Å². The summed E-state index contributed by atoms with van der Waals surface area (Å²) >= 11 is 0. The summed E-state index contributed by atoms with van der Waals surface area (Å²) in [6, 6.07) is 16.8. The number of nitrogens with zero attached hydrogens (tertiary/aromatic N) is 5. The van der Waals surface area contributed by atoms with Crippen molar-refractivity contribution in [3.63, 3.8) is 0 Å². The second kappa shape index (κ2) is 14.7. The largest absolute Gasteiger partial charge is 0.445 e. The fourth-order valence-electron chi connectivity index (χ4n) is 4.90. The van der Waals surface area contributed by atoms with Crippen LogP contribution in [0.3, 0.4) is 0 Å². The number of amides is 3. The maximum absolute atomic E-state index is 13.3. The lowest BCUT2D eigenvalue weighted by Gasteiger charge is -2.37. The number of anilines is 3. The van der Waals surface area contributed by atoms with Crippen LogP contribution in [0.15, 0.2) is 67.3 Å². The van der Waals surface area contributed by atoms with E-state index >= 15 is 0 Å². The molecule has 0 aliphatic carbocycles.